The molecule has 0 radical (unpaired) electrons. The molecule has 0 spiro atoms. The van der Waals surface area contributed by atoms with Crippen molar-refractivity contribution in [1.29, 1.82) is 0 Å². The first kappa shape index (κ1) is 16.3. The minimum absolute atomic E-state index is 0.362. The number of fused-ring (bicyclic) bond motifs is 1. The van der Waals surface area contributed by atoms with Gasteiger partial charge in [-0.3, -0.25) is 14.9 Å². The molecule has 0 unspecified atom stereocenters. The van der Waals surface area contributed by atoms with Crippen molar-refractivity contribution in [1.82, 2.24) is 19.9 Å². The van der Waals surface area contributed by atoms with Gasteiger partial charge < -0.3 is 9.55 Å². The molecule has 1 saturated heterocycles. The van der Waals surface area contributed by atoms with Crippen molar-refractivity contribution in [3.8, 4) is 11.5 Å². The molecule has 1 aromatic carbocycles. The predicted octanol–water partition coefficient (Wildman–Crippen LogP) is 4.20. The van der Waals surface area contributed by atoms with Crippen LogP contribution in [0.2, 0.25) is 10.0 Å². The molecule has 2 aromatic heterocycles. The monoisotopic (exact) mass is 392 g/mol. The number of hydrogen-bond donors (Lipinski definition) is 2. The molecule has 25 heavy (non-hydrogen) atoms. The predicted molar refractivity (Wildman–Crippen MR) is 99.6 cm³/mol. The van der Waals surface area contributed by atoms with Crippen molar-refractivity contribution in [3.63, 3.8) is 0 Å². The average molecular weight is 393 g/mol. The molecular weight excluding hydrogens is 383 g/mol. The third kappa shape index (κ3) is 2.84. The number of benzene rings is 1. The number of halogens is 2. The minimum atomic E-state index is -0.384. The van der Waals surface area contributed by atoms with Gasteiger partial charge in [0, 0.05) is 12.7 Å². The van der Waals surface area contributed by atoms with Crippen LogP contribution in [0.1, 0.15) is 5.69 Å². The number of hydrogen-bond acceptors (Lipinski definition) is 4. The molecule has 1 fully saturated rings. The molecule has 9 heteroatoms. The van der Waals surface area contributed by atoms with Crippen molar-refractivity contribution in [2.45, 2.75) is 0 Å². The topological polar surface area (TPSA) is 79.8 Å². The molecule has 0 bridgehead atoms. The van der Waals surface area contributed by atoms with E-state index in [0.29, 0.717) is 26.3 Å². The molecule has 0 saturated carbocycles. The molecule has 126 valence electrons. The highest BCUT2D eigenvalue weighted by molar-refractivity contribution is 8.18. The summed E-state index contributed by atoms with van der Waals surface area (Å²) in [6.07, 6.45) is 1.67. The Bertz CT molecular complexity index is 1040. The maximum absolute atomic E-state index is 11.7. The molecule has 4 rings (SSSR count). The largest absolute Gasteiger partial charge is 0.342 e. The Labute approximate surface area is 156 Å². The molecule has 3 aromatic rings. The molecule has 3 heterocycles. The van der Waals surface area contributed by atoms with E-state index in [2.05, 4.69) is 15.3 Å². The van der Waals surface area contributed by atoms with E-state index in [1.165, 1.54) is 0 Å². The maximum atomic E-state index is 11.7. The summed E-state index contributed by atoms with van der Waals surface area (Å²) in [5.74, 6) is 0.269. The van der Waals surface area contributed by atoms with E-state index >= 15 is 0 Å². The van der Waals surface area contributed by atoms with E-state index in [4.69, 9.17) is 23.2 Å². The van der Waals surface area contributed by atoms with Gasteiger partial charge in [-0.1, -0.05) is 23.2 Å². The SMILES string of the molecule is Cn1c(/C=C2/SC(=O)NC2=O)ccc1-c1nc2cc(Cl)c(Cl)cc2[nH]1. The maximum Gasteiger partial charge on any atom is 0.290 e. The Morgan fingerprint density at radius 1 is 1.20 bits per heavy atom. The van der Waals surface area contributed by atoms with Crippen LogP contribution in [0.15, 0.2) is 29.2 Å². The van der Waals surface area contributed by atoms with Gasteiger partial charge in [-0.05, 0) is 42.1 Å². The third-order valence-corrected chi connectivity index (χ3v) is 5.38. The highest BCUT2D eigenvalue weighted by Crippen LogP contribution is 2.30. The van der Waals surface area contributed by atoms with Crippen molar-refractivity contribution >= 4 is 63.2 Å². The zero-order valence-corrected chi connectivity index (χ0v) is 15.1. The zero-order chi connectivity index (χ0) is 17.7. The van der Waals surface area contributed by atoms with Gasteiger partial charge >= 0.3 is 0 Å². The Balaban J connectivity index is 1.75. The van der Waals surface area contributed by atoms with Crippen molar-refractivity contribution < 1.29 is 9.59 Å². The quantitative estimate of drug-likeness (QED) is 0.640. The van der Waals surface area contributed by atoms with Gasteiger partial charge in [-0.2, -0.15) is 0 Å². The lowest BCUT2D eigenvalue weighted by Gasteiger charge is -2.03. The average Bonchev–Trinajstić information content (AvgIpc) is 3.19. The summed E-state index contributed by atoms with van der Waals surface area (Å²) < 4.78 is 1.88. The molecule has 0 aliphatic carbocycles. The number of thioether (sulfide) groups is 1. The smallest absolute Gasteiger partial charge is 0.290 e. The Morgan fingerprint density at radius 2 is 1.96 bits per heavy atom. The summed E-state index contributed by atoms with van der Waals surface area (Å²) in [5.41, 5.74) is 3.09. The van der Waals surface area contributed by atoms with Crippen LogP contribution >= 0.6 is 35.0 Å². The second kappa shape index (κ2) is 5.94. The fourth-order valence-electron chi connectivity index (χ4n) is 2.59. The lowest BCUT2D eigenvalue weighted by Crippen LogP contribution is -2.17. The molecule has 2 amide bonds. The van der Waals surface area contributed by atoms with E-state index < -0.39 is 0 Å². The number of nitrogens with one attached hydrogen (secondary N) is 2. The number of imide groups is 1. The Kier molecular flexibility index (Phi) is 3.87. The molecule has 2 N–H and O–H groups in total. The van der Waals surface area contributed by atoms with Crippen molar-refractivity contribution in [2.75, 3.05) is 0 Å². The standard InChI is InChI=1S/C16H10Cl2N4O2S/c1-22-7(4-13-15(23)21-16(24)25-13)2-3-12(22)14-19-10-5-8(17)9(18)6-11(10)20-14/h2-6H,1H3,(H,19,20)(H,21,23,24)/b13-4+. The van der Waals surface area contributed by atoms with Crippen LogP contribution in [0.3, 0.4) is 0 Å². The first-order valence-electron chi connectivity index (χ1n) is 7.18. The van der Waals surface area contributed by atoms with Crippen LogP contribution in [0.25, 0.3) is 28.6 Å². The van der Waals surface area contributed by atoms with Gasteiger partial charge in [0.05, 0.1) is 31.7 Å². The number of aromatic nitrogens is 3. The van der Waals surface area contributed by atoms with E-state index in [-0.39, 0.29) is 11.1 Å². The number of H-pyrrole nitrogens is 1. The lowest BCUT2D eigenvalue weighted by molar-refractivity contribution is -0.115. The van der Waals surface area contributed by atoms with E-state index in [0.717, 1.165) is 28.7 Å². The molecule has 6 nitrogen and oxygen atoms in total. The number of imidazole rings is 1. The first-order valence-corrected chi connectivity index (χ1v) is 8.75. The summed E-state index contributed by atoms with van der Waals surface area (Å²) in [4.78, 5) is 31.1. The Hall–Kier alpha value is -2.22. The number of carbonyl (C=O) groups excluding carboxylic acids is 2. The van der Waals surface area contributed by atoms with Gasteiger partial charge in [0.15, 0.2) is 5.82 Å². The fraction of sp³-hybridized carbons (Fsp3) is 0.0625. The summed E-state index contributed by atoms with van der Waals surface area (Å²) in [6.45, 7) is 0. The lowest BCUT2D eigenvalue weighted by atomic mass is 10.3. The third-order valence-electron chi connectivity index (χ3n) is 3.85. The highest BCUT2D eigenvalue weighted by Gasteiger charge is 2.25. The second-order valence-corrected chi connectivity index (χ2v) is 7.25. The van der Waals surface area contributed by atoms with Crippen LogP contribution < -0.4 is 5.32 Å². The highest BCUT2D eigenvalue weighted by atomic mass is 35.5. The van der Waals surface area contributed by atoms with Crippen LogP contribution in [-0.4, -0.2) is 25.7 Å². The van der Waals surface area contributed by atoms with Crippen molar-refractivity contribution in [2.24, 2.45) is 7.05 Å². The molecule has 1 aliphatic rings. The molecule has 0 atom stereocenters. The van der Waals surface area contributed by atoms with Crippen LogP contribution in [0, 0.1) is 0 Å². The van der Waals surface area contributed by atoms with Crippen LogP contribution in [-0.2, 0) is 11.8 Å². The second-order valence-electron chi connectivity index (χ2n) is 5.42. The van der Waals surface area contributed by atoms with Gasteiger partial charge in [-0.15, -0.1) is 0 Å². The Morgan fingerprint density at radius 3 is 2.68 bits per heavy atom. The molecular formula is C16H10Cl2N4O2S. The normalized spacial score (nSPS) is 16.2. The fourth-order valence-corrected chi connectivity index (χ4v) is 3.58. The van der Waals surface area contributed by atoms with E-state index in [1.807, 2.05) is 23.7 Å². The number of carbonyl (C=O) groups is 2. The van der Waals surface area contributed by atoms with Crippen molar-refractivity contribution in [3.05, 3.63) is 44.9 Å². The summed E-state index contributed by atoms with van der Waals surface area (Å²) in [6, 6.07) is 7.17. The minimum Gasteiger partial charge on any atom is -0.342 e. The van der Waals surface area contributed by atoms with E-state index in [1.54, 1.807) is 18.2 Å². The van der Waals surface area contributed by atoms with Crippen LogP contribution in [0.4, 0.5) is 4.79 Å². The van der Waals surface area contributed by atoms with E-state index in [9.17, 15) is 9.59 Å². The van der Waals surface area contributed by atoms with Gasteiger partial charge in [0.2, 0.25) is 0 Å². The summed E-state index contributed by atoms with van der Waals surface area (Å²) >= 11 is 13.0. The van der Waals surface area contributed by atoms with Gasteiger partial charge in [0.1, 0.15) is 0 Å². The first-order chi connectivity index (χ1) is 11.9. The van der Waals surface area contributed by atoms with Crippen LogP contribution in [0.5, 0.6) is 0 Å². The number of amides is 2. The van der Waals surface area contributed by atoms with Gasteiger partial charge in [-0.25, -0.2) is 4.98 Å². The summed E-state index contributed by atoms with van der Waals surface area (Å²) in [7, 11) is 1.86. The number of aromatic amines is 1. The number of rotatable bonds is 2. The van der Waals surface area contributed by atoms with Gasteiger partial charge in [0.25, 0.3) is 11.1 Å². The zero-order valence-electron chi connectivity index (χ0n) is 12.8. The summed E-state index contributed by atoms with van der Waals surface area (Å²) in [5, 5.41) is 2.77. The molecule has 1 aliphatic heterocycles. The number of nitrogens with zero attached hydrogens (tertiary/aromatic N) is 2.